The van der Waals surface area contributed by atoms with Gasteiger partial charge >= 0.3 is 0 Å². The highest BCUT2D eigenvalue weighted by Crippen LogP contribution is 2.19. The SMILES string of the molecule is Cc1nc2cc(OCc3cccc(F)c3)ccc2c(=O)n1CC[NH3+].[Cl-]. The van der Waals surface area contributed by atoms with Crippen LogP contribution in [0.4, 0.5) is 4.39 Å². The summed E-state index contributed by atoms with van der Waals surface area (Å²) in [5, 5.41) is 0.548. The number of benzene rings is 2. The second kappa shape index (κ2) is 8.09. The molecular formula is C18H19ClFN3O2. The van der Waals surface area contributed by atoms with Gasteiger partial charge in [-0.15, -0.1) is 0 Å². The highest BCUT2D eigenvalue weighted by Gasteiger charge is 2.09. The molecule has 2 aromatic carbocycles. The van der Waals surface area contributed by atoms with E-state index in [1.165, 1.54) is 12.1 Å². The first-order valence-electron chi connectivity index (χ1n) is 7.76. The second-order valence-electron chi connectivity index (χ2n) is 5.57. The van der Waals surface area contributed by atoms with Gasteiger partial charge in [0, 0.05) is 6.07 Å². The molecule has 25 heavy (non-hydrogen) atoms. The summed E-state index contributed by atoms with van der Waals surface area (Å²) < 4.78 is 20.5. The Kier molecular flexibility index (Phi) is 6.12. The molecule has 0 aliphatic rings. The molecule has 3 aromatic rings. The molecule has 0 aliphatic carbocycles. The van der Waals surface area contributed by atoms with Crippen LogP contribution in [0.1, 0.15) is 11.4 Å². The number of fused-ring (bicyclic) bond motifs is 1. The zero-order valence-corrected chi connectivity index (χ0v) is 14.6. The average molecular weight is 364 g/mol. The van der Waals surface area contributed by atoms with E-state index in [-0.39, 0.29) is 30.4 Å². The van der Waals surface area contributed by atoms with E-state index < -0.39 is 0 Å². The molecule has 5 nitrogen and oxygen atoms in total. The molecule has 0 bridgehead atoms. The number of nitrogens with zero attached hydrogens (tertiary/aromatic N) is 2. The molecule has 1 heterocycles. The Bertz CT molecular complexity index is 943. The van der Waals surface area contributed by atoms with E-state index in [1.807, 2.05) is 0 Å². The Morgan fingerprint density at radius 3 is 2.76 bits per heavy atom. The lowest BCUT2D eigenvalue weighted by molar-refractivity contribution is -0.369. The molecule has 132 valence electrons. The van der Waals surface area contributed by atoms with Gasteiger partial charge in [0.2, 0.25) is 0 Å². The molecule has 0 atom stereocenters. The number of aromatic nitrogens is 2. The van der Waals surface area contributed by atoms with Gasteiger partial charge < -0.3 is 22.9 Å². The zero-order valence-electron chi connectivity index (χ0n) is 13.8. The minimum absolute atomic E-state index is 0. The normalized spacial score (nSPS) is 10.5. The van der Waals surface area contributed by atoms with E-state index in [1.54, 1.807) is 41.8 Å². The van der Waals surface area contributed by atoms with Crippen molar-refractivity contribution in [1.82, 2.24) is 9.55 Å². The van der Waals surface area contributed by atoms with Crippen molar-refractivity contribution in [2.75, 3.05) is 6.54 Å². The van der Waals surface area contributed by atoms with Gasteiger partial charge in [0.05, 0.1) is 24.0 Å². The van der Waals surface area contributed by atoms with Crippen molar-refractivity contribution in [3.63, 3.8) is 0 Å². The molecule has 0 saturated carbocycles. The molecule has 0 aliphatic heterocycles. The lowest BCUT2D eigenvalue weighted by Gasteiger charge is -2.10. The fourth-order valence-electron chi connectivity index (χ4n) is 2.62. The number of ether oxygens (including phenoxy) is 1. The summed E-state index contributed by atoms with van der Waals surface area (Å²) in [6.07, 6.45) is 0. The lowest BCUT2D eigenvalue weighted by atomic mass is 10.2. The third-order valence-corrected chi connectivity index (χ3v) is 3.79. The fourth-order valence-corrected chi connectivity index (χ4v) is 2.62. The van der Waals surface area contributed by atoms with E-state index >= 15 is 0 Å². The minimum Gasteiger partial charge on any atom is -1.00 e. The summed E-state index contributed by atoms with van der Waals surface area (Å²) >= 11 is 0. The number of hydrogen-bond acceptors (Lipinski definition) is 3. The van der Waals surface area contributed by atoms with Crippen LogP contribution in [0.5, 0.6) is 5.75 Å². The van der Waals surface area contributed by atoms with Gasteiger partial charge in [-0.3, -0.25) is 9.36 Å². The predicted octanol–water partition coefficient (Wildman–Crippen LogP) is -1.33. The van der Waals surface area contributed by atoms with Crippen molar-refractivity contribution in [2.24, 2.45) is 0 Å². The first-order chi connectivity index (χ1) is 11.6. The van der Waals surface area contributed by atoms with Gasteiger partial charge in [-0.25, -0.2) is 9.37 Å². The lowest BCUT2D eigenvalue weighted by Crippen LogP contribution is -3.00. The quantitative estimate of drug-likeness (QED) is 0.610. The van der Waals surface area contributed by atoms with E-state index in [9.17, 15) is 9.18 Å². The molecule has 7 heteroatoms. The van der Waals surface area contributed by atoms with E-state index in [2.05, 4.69) is 10.7 Å². The molecular weight excluding hydrogens is 345 g/mol. The molecule has 0 amide bonds. The molecule has 3 rings (SSSR count). The smallest absolute Gasteiger partial charge is 0.261 e. The van der Waals surface area contributed by atoms with Gasteiger partial charge in [0.25, 0.3) is 5.56 Å². The molecule has 0 fully saturated rings. The first-order valence-corrected chi connectivity index (χ1v) is 7.76. The summed E-state index contributed by atoms with van der Waals surface area (Å²) in [5.74, 6) is 0.948. The number of aryl methyl sites for hydroxylation is 1. The van der Waals surface area contributed by atoms with Gasteiger partial charge in [-0.2, -0.15) is 0 Å². The Labute approximate surface area is 150 Å². The predicted molar refractivity (Wildman–Crippen MR) is 89.2 cm³/mol. The summed E-state index contributed by atoms with van der Waals surface area (Å²) in [7, 11) is 0. The summed E-state index contributed by atoms with van der Waals surface area (Å²) in [6, 6.07) is 11.4. The summed E-state index contributed by atoms with van der Waals surface area (Å²) in [4.78, 5) is 17.0. The number of quaternary nitrogens is 1. The van der Waals surface area contributed by atoms with E-state index in [0.29, 0.717) is 35.6 Å². The van der Waals surface area contributed by atoms with Crippen LogP contribution in [0.2, 0.25) is 0 Å². The molecule has 3 N–H and O–H groups in total. The Balaban J connectivity index is 0.00000225. The molecule has 1 aromatic heterocycles. The van der Waals surface area contributed by atoms with Gasteiger partial charge in [-0.05, 0) is 36.8 Å². The summed E-state index contributed by atoms with van der Waals surface area (Å²) in [5.41, 5.74) is 5.04. The standard InChI is InChI=1S/C18H18FN3O2.ClH/c1-12-21-17-10-15(24-11-13-3-2-4-14(19)9-13)5-6-16(17)18(23)22(12)8-7-20;/h2-6,9-10H,7-8,11,20H2,1H3;1H. The number of rotatable bonds is 5. The van der Waals surface area contributed by atoms with Crippen LogP contribution in [-0.4, -0.2) is 16.1 Å². The molecule has 0 unspecified atom stereocenters. The monoisotopic (exact) mass is 363 g/mol. The molecule has 0 radical (unpaired) electrons. The average Bonchev–Trinajstić information content (AvgIpc) is 2.56. The van der Waals surface area contributed by atoms with Crippen LogP contribution in [0, 0.1) is 12.7 Å². The van der Waals surface area contributed by atoms with Crippen LogP contribution in [-0.2, 0) is 13.2 Å². The van der Waals surface area contributed by atoms with E-state index in [0.717, 1.165) is 5.56 Å². The maximum atomic E-state index is 13.2. The Morgan fingerprint density at radius 1 is 1.24 bits per heavy atom. The highest BCUT2D eigenvalue weighted by atomic mass is 35.5. The van der Waals surface area contributed by atoms with Gasteiger partial charge in [0.1, 0.15) is 24.0 Å². The molecule has 0 spiro atoms. The maximum Gasteiger partial charge on any atom is 0.261 e. The van der Waals surface area contributed by atoms with Crippen LogP contribution in [0.25, 0.3) is 10.9 Å². The Hall–Kier alpha value is -2.44. The minimum atomic E-state index is -0.294. The zero-order chi connectivity index (χ0) is 17.1. The largest absolute Gasteiger partial charge is 1.00 e. The van der Waals surface area contributed by atoms with Crippen molar-refractivity contribution in [1.29, 1.82) is 0 Å². The summed E-state index contributed by atoms with van der Waals surface area (Å²) in [6.45, 7) is 3.23. The first kappa shape index (κ1) is 18.9. The van der Waals surface area contributed by atoms with Crippen molar-refractivity contribution in [2.45, 2.75) is 20.1 Å². The van der Waals surface area contributed by atoms with Gasteiger partial charge in [-0.1, -0.05) is 12.1 Å². The third kappa shape index (κ3) is 4.15. The Morgan fingerprint density at radius 2 is 2.04 bits per heavy atom. The van der Waals surface area contributed by atoms with Crippen molar-refractivity contribution < 1.29 is 27.3 Å². The second-order valence-corrected chi connectivity index (χ2v) is 5.57. The number of hydrogen-bond donors (Lipinski definition) is 1. The van der Waals surface area contributed by atoms with Crippen molar-refractivity contribution >= 4 is 10.9 Å². The number of halogens is 2. The van der Waals surface area contributed by atoms with Gasteiger partial charge in [0.15, 0.2) is 0 Å². The fraction of sp³-hybridized carbons (Fsp3) is 0.222. The van der Waals surface area contributed by atoms with Crippen molar-refractivity contribution in [3.05, 3.63) is 70.0 Å². The van der Waals surface area contributed by atoms with E-state index in [4.69, 9.17) is 4.74 Å². The van der Waals surface area contributed by atoms with Crippen LogP contribution in [0.3, 0.4) is 0 Å². The topological polar surface area (TPSA) is 71.8 Å². The third-order valence-electron chi connectivity index (χ3n) is 3.79. The molecule has 0 saturated heterocycles. The maximum absolute atomic E-state index is 13.2. The van der Waals surface area contributed by atoms with Crippen LogP contribution in [0.15, 0.2) is 47.3 Å². The van der Waals surface area contributed by atoms with Crippen LogP contribution >= 0.6 is 0 Å². The van der Waals surface area contributed by atoms with Crippen LogP contribution < -0.4 is 28.4 Å². The highest BCUT2D eigenvalue weighted by molar-refractivity contribution is 5.79. The van der Waals surface area contributed by atoms with Crippen molar-refractivity contribution in [3.8, 4) is 5.75 Å².